The van der Waals surface area contributed by atoms with E-state index in [1.165, 1.54) is 16.4 Å². The van der Waals surface area contributed by atoms with Crippen molar-refractivity contribution in [1.29, 1.82) is 5.26 Å². The second kappa shape index (κ2) is 10.8. The van der Waals surface area contributed by atoms with Crippen molar-refractivity contribution < 1.29 is 27.0 Å². The minimum Gasteiger partial charge on any atom is -0.493 e. The number of morpholine rings is 1. The van der Waals surface area contributed by atoms with Crippen LogP contribution in [0.3, 0.4) is 0 Å². The lowest BCUT2D eigenvalue weighted by molar-refractivity contribution is 0.0730. The fraction of sp³-hybridized carbons (Fsp3) is 0.333. The van der Waals surface area contributed by atoms with Crippen LogP contribution < -0.4 is 14.8 Å². The molecule has 0 aliphatic carbocycles. The molecule has 0 saturated carbocycles. The van der Waals surface area contributed by atoms with Crippen molar-refractivity contribution in [3.63, 3.8) is 0 Å². The van der Waals surface area contributed by atoms with Gasteiger partial charge >= 0.3 is 0 Å². The number of oxazole rings is 1. The topological polar surface area (TPSA) is 127 Å². The predicted octanol–water partition coefficient (Wildman–Crippen LogP) is 2.91. The van der Waals surface area contributed by atoms with Gasteiger partial charge in [0.2, 0.25) is 27.5 Å². The Labute approximate surface area is 204 Å². The van der Waals surface area contributed by atoms with Crippen LogP contribution in [-0.4, -0.2) is 64.8 Å². The summed E-state index contributed by atoms with van der Waals surface area (Å²) in [4.78, 5) is 4.44. The molecule has 11 heteroatoms. The van der Waals surface area contributed by atoms with Gasteiger partial charge in [-0.15, -0.1) is 0 Å². The zero-order valence-electron chi connectivity index (χ0n) is 19.5. The summed E-state index contributed by atoms with van der Waals surface area (Å²) >= 11 is 0. The van der Waals surface area contributed by atoms with E-state index in [2.05, 4.69) is 10.3 Å². The standard InChI is InChI=1S/C24H26N4O6S/c1-31-21-8-3-17(15-22(21)32-2)9-10-26-24-20(16-25)27-23(34-24)18-4-6-19(7-5-18)35(29,30)28-11-13-33-14-12-28/h3-8,15,26H,9-14H2,1-2H3. The highest BCUT2D eigenvalue weighted by molar-refractivity contribution is 7.89. The Morgan fingerprint density at radius 2 is 1.80 bits per heavy atom. The number of anilines is 1. The van der Waals surface area contributed by atoms with Crippen molar-refractivity contribution in [2.24, 2.45) is 0 Å². The number of benzene rings is 2. The van der Waals surface area contributed by atoms with Gasteiger partial charge in [0.25, 0.3) is 0 Å². The number of sulfonamides is 1. The predicted molar refractivity (Wildman–Crippen MR) is 128 cm³/mol. The molecule has 2 heterocycles. The summed E-state index contributed by atoms with van der Waals surface area (Å²) in [6, 6.07) is 14.0. The van der Waals surface area contributed by atoms with Crippen molar-refractivity contribution in [2.75, 3.05) is 52.4 Å². The van der Waals surface area contributed by atoms with Gasteiger partial charge in [-0.1, -0.05) is 6.07 Å². The number of nitriles is 1. The summed E-state index contributed by atoms with van der Waals surface area (Å²) in [5.74, 6) is 1.78. The number of methoxy groups -OCH3 is 2. The van der Waals surface area contributed by atoms with Gasteiger partial charge in [0.05, 0.1) is 32.3 Å². The monoisotopic (exact) mass is 498 g/mol. The smallest absolute Gasteiger partial charge is 0.243 e. The highest BCUT2D eigenvalue weighted by atomic mass is 32.2. The van der Waals surface area contributed by atoms with Gasteiger partial charge in [0, 0.05) is 25.2 Å². The third-order valence-corrected chi connectivity index (χ3v) is 7.50. The summed E-state index contributed by atoms with van der Waals surface area (Å²) < 4.78 is 48.6. The lowest BCUT2D eigenvalue weighted by Gasteiger charge is -2.26. The molecule has 1 fully saturated rings. The van der Waals surface area contributed by atoms with Gasteiger partial charge in [-0.2, -0.15) is 14.6 Å². The summed E-state index contributed by atoms with van der Waals surface area (Å²) in [6.45, 7) is 1.91. The van der Waals surface area contributed by atoms with Crippen molar-refractivity contribution in [3.8, 4) is 29.0 Å². The molecular weight excluding hydrogens is 472 g/mol. The highest BCUT2D eigenvalue weighted by Crippen LogP contribution is 2.29. The first-order valence-electron chi connectivity index (χ1n) is 11.0. The number of rotatable bonds is 9. The largest absolute Gasteiger partial charge is 0.493 e. The molecule has 0 spiro atoms. The van der Waals surface area contributed by atoms with Crippen LogP contribution >= 0.6 is 0 Å². The molecule has 1 aliphatic rings. The Kier molecular flexibility index (Phi) is 7.55. The van der Waals surface area contributed by atoms with E-state index < -0.39 is 10.0 Å². The van der Waals surface area contributed by atoms with Crippen LogP contribution in [0.2, 0.25) is 0 Å². The Morgan fingerprint density at radius 1 is 1.09 bits per heavy atom. The second-order valence-corrected chi connectivity index (χ2v) is 9.65. The first-order valence-corrected chi connectivity index (χ1v) is 12.4. The molecule has 0 atom stereocenters. The molecule has 3 aromatic rings. The molecule has 2 aromatic carbocycles. The molecule has 0 bridgehead atoms. The van der Waals surface area contributed by atoms with Gasteiger partial charge in [-0.3, -0.25) is 0 Å². The summed E-state index contributed by atoms with van der Waals surface area (Å²) in [6.07, 6.45) is 0.648. The molecule has 10 nitrogen and oxygen atoms in total. The fourth-order valence-corrected chi connectivity index (χ4v) is 5.11. The molecule has 1 N–H and O–H groups in total. The summed E-state index contributed by atoms with van der Waals surface area (Å²) in [5.41, 5.74) is 1.71. The lowest BCUT2D eigenvalue weighted by atomic mass is 10.1. The number of nitrogens with one attached hydrogen (secondary N) is 1. The van der Waals surface area contributed by atoms with E-state index in [4.69, 9.17) is 18.6 Å². The summed E-state index contributed by atoms with van der Waals surface area (Å²) in [5, 5.41) is 12.6. The molecule has 184 valence electrons. The highest BCUT2D eigenvalue weighted by Gasteiger charge is 2.26. The molecular formula is C24H26N4O6S. The normalized spacial score (nSPS) is 14.3. The third-order valence-electron chi connectivity index (χ3n) is 5.59. The van der Waals surface area contributed by atoms with Crippen LogP contribution in [0.1, 0.15) is 11.3 Å². The van der Waals surface area contributed by atoms with Crippen LogP contribution in [0.4, 0.5) is 5.88 Å². The van der Waals surface area contributed by atoms with Crippen LogP contribution in [0.5, 0.6) is 11.5 Å². The van der Waals surface area contributed by atoms with E-state index in [0.717, 1.165) is 5.56 Å². The van der Waals surface area contributed by atoms with Crippen LogP contribution in [0.15, 0.2) is 51.8 Å². The summed E-state index contributed by atoms with van der Waals surface area (Å²) in [7, 11) is -0.429. The van der Waals surface area contributed by atoms with Crippen molar-refractivity contribution in [3.05, 3.63) is 53.7 Å². The molecule has 35 heavy (non-hydrogen) atoms. The number of ether oxygens (including phenoxy) is 3. The van der Waals surface area contributed by atoms with Gasteiger partial charge < -0.3 is 23.9 Å². The van der Waals surface area contributed by atoms with Gasteiger partial charge in [0.1, 0.15) is 6.07 Å². The van der Waals surface area contributed by atoms with Gasteiger partial charge in [-0.05, 0) is 48.4 Å². The molecule has 4 rings (SSSR count). The minimum absolute atomic E-state index is 0.123. The lowest BCUT2D eigenvalue weighted by Crippen LogP contribution is -2.40. The fourth-order valence-electron chi connectivity index (χ4n) is 3.70. The van der Waals surface area contributed by atoms with Crippen molar-refractivity contribution in [1.82, 2.24) is 9.29 Å². The van der Waals surface area contributed by atoms with E-state index in [9.17, 15) is 13.7 Å². The Bertz CT molecular complexity index is 1310. The Balaban J connectivity index is 1.44. The average Bonchev–Trinajstić information content (AvgIpc) is 3.32. The number of hydrogen-bond donors (Lipinski definition) is 1. The second-order valence-electron chi connectivity index (χ2n) is 7.72. The van der Waals surface area contributed by atoms with E-state index in [1.54, 1.807) is 26.4 Å². The van der Waals surface area contributed by atoms with Crippen LogP contribution in [0.25, 0.3) is 11.5 Å². The molecule has 0 amide bonds. The Morgan fingerprint density at radius 3 is 2.46 bits per heavy atom. The number of aromatic nitrogens is 1. The number of nitrogens with zero attached hydrogens (tertiary/aromatic N) is 3. The van der Waals surface area contributed by atoms with Gasteiger partial charge in [-0.25, -0.2) is 8.42 Å². The minimum atomic E-state index is -3.60. The zero-order chi connectivity index (χ0) is 24.8. The first kappa shape index (κ1) is 24.5. The van der Waals surface area contributed by atoms with Gasteiger partial charge in [0.15, 0.2) is 11.5 Å². The quantitative estimate of drug-likeness (QED) is 0.474. The van der Waals surface area contributed by atoms with E-state index in [0.29, 0.717) is 56.3 Å². The molecule has 1 aliphatic heterocycles. The average molecular weight is 499 g/mol. The van der Waals surface area contributed by atoms with Crippen molar-refractivity contribution >= 4 is 15.9 Å². The molecule has 0 unspecified atom stereocenters. The zero-order valence-corrected chi connectivity index (χ0v) is 20.3. The Hall–Kier alpha value is -3.59. The maximum atomic E-state index is 12.8. The molecule has 1 aromatic heterocycles. The van der Waals surface area contributed by atoms with E-state index in [-0.39, 0.29) is 22.4 Å². The maximum Gasteiger partial charge on any atom is 0.243 e. The maximum absolute atomic E-state index is 12.8. The van der Waals surface area contributed by atoms with Crippen LogP contribution in [-0.2, 0) is 21.2 Å². The van der Waals surface area contributed by atoms with E-state index >= 15 is 0 Å². The van der Waals surface area contributed by atoms with Crippen molar-refractivity contribution in [2.45, 2.75) is 11.3 Å². The number of hydrogen-bond acceptors (Lipinski definition) is 9. The molecule has 0 radical (unpaired) electrons. The third kappa shape index (κ3) is 5.40. The van der Waals surface area contributed by atoms with E-state index in [1.807, 2.05) is 24.3 Å². The van der Waals surface area contributed by atoms with Crippen LogP contribution in [0, 0.1) is 11.3 Å². The SMILES string of the molecule is COc1ccc(CCNc2oc(-c3ccc(S(=O)(=O)N4CCOCC4)cc3)nc2C#N)cc1OC. The first-order chi connectivity index (χ1) is 17.0. The molecule has 1 saturated heterocycles.